The predicted octanol–water partition coefficient (Wildman–Crippen LogP) is 0.559. The molecule has 0 bridgehead atoms. The standard InChI is InChI=1S/C13H22N6O/c1-2-11-16-12(18-15)7-13(17-11)19(8-10(14)20)9-5-3-4-6-9/h7,9H,2-6,8,15H2,1H3,(H2,14,20)(H,16,17,18). The Morgan fingerprint density at radius 1 is 1.45 bits per heavy atom. The second kappa shape index (κ2) is 6.51. The number of hydrogen-bond acceptors (Lipinski definition) is 6. The van der Waals surface area contributed by atoms with Gasteiger partial charge in [-0.05, 0) is 12.8 Å². The zero-order valence-corrected chi connectivity index (χ0v) is 11.8. The van der Waals surface area contributed by atoms with Crippen LogP contribution in [0.5, 0.6) is 0 Å². The highest BCUT2D eigenvalue weighted by Gasteiger charge is 2.25. The van der Waals surface area contributed by atoms with E-state index < -0.39 is 0 Å². The molecule has 0 spiro atoms. The number of nitrogens with two attached hydrogens (primary N) is 2. The number of aromatic nitrogens is 2. The van der Waals surface area contributed by atoms with Crippen molar-refractivity contribution >= 4 is 17.5 Å². The first-order valence-electron chi connectivity index (χ1n) is 7.03. The van der Waals surface area contributed by atoms with E-state index in [0.29, 0.717) is 24.1 Å². The molecule has 5 N–H and O–H groups in total. The number of hydrazine groups is 1. The molecule has 1 fully saturated rings. The van der Waals surface area contributed by atoms with Gasteiger partial charge in [0.15, 0.2) is 0 Å². The maximum Gasteiger partial charge on any atom is 0.237 e. The number of nitrogens with zero attached hydrogens (tertiary/aromatic N) is 3. The van der Waals surface area contributed by atoms with E-state index in [0.717, 1.165) is 18.7 Å². The Kier molecular flexibility index (Phi) is 4.73. The van der Waals surface area contributed by atoms with Crippen molar-refractivity contribution in [3.63, 3.8) is 0 Å². The summed E-state index contributed by atoms with van der Waals surface area (Å²) in [5.74, 6) is 7.07. The average Bonchev–Trinajstić information content (AvgIpc) is 2.97. The summed E-state index contributed by atoms with van der Waals surface area (Å²) >= 11 is 0. The molecule has 1 saturated carbocycles. The van der Waals surface area contributed by atoms with E-state index in [2.05, 4.69) is 15.4 Å². The number of primary amides is 1. The van der Waals surface area contributed by atoms with Gasteiger partial charge < -0.3 is 16.1 Å². The van der Waals surface area contributed by atoms with Crippen LogP contribution in [0.25, 0.3) is 0 Å². The van der Waals surface area contributed by atoms with Gasteiger partial charge in [-0.1, -0.05) is 19.8 Å². The van der Waals surface area contributed by atoms with E-state index in [4.69, 9.17) is 11.6 Å². The lowest BCUT2D eigenvalue weighted by molar-refractivity contribution is -0.116. The van der Waals surface area contributed by atoms with Gasteiger partial charge in [0, 0.05) is 18.5 Å². The molecular formula is C13H22N6O. The third kappa shape index (κ3) is 3.36. The van der Waals surface area contributed by atoms with Crippen molar-refractivity contribution in [2.24, 2.45) is 11.6 Å². The normalized spacial score (nSPS) is 15.3. The van der Waals surface area contributed by atoms with Crippen LogP contribution in [0.2, 0.25) is 0 Å². The second-order valence-electron chi connectivity index (χ2n) is 5.06. The molecule has 20 heavy (non-hydrogen) atoms. The number of rotatable bonds is 6. The van der Waals surface area contributed by atoms with Crippen LogP contribution in [0.1, 0.15) is 38.4 Å². The Morgan fingerprint density at radius 2 is 2.15 bits per heavy atom. The molecule has 1 heterocycles. The van der Waals surface area contributed by atoms with Gasteiger partial charge >= 0.3 is 0 Å². The highest BCUT2D eigenvalue weighted by Crippen LogP contribution is 2.28. The second-order valence-corrected chi connectivity index (χ2v) is 5.06. The van der Waals surface area contributed by atoms with Crippen molar-refractivity contribution in [3.05, 3.63) is 11.9 Å². The van der Waals surface area contributed by atoms with E-state index in [1.54, 1.807) is 6.07 Å². The van der Waals surface area contributed by atoms with Crippen molar-refractivity contribution in [1.29, 1.82) is 0 Å². The molecule has 7 nitrogen and oxygen atoms in total. The molecular weight excluding hydrogens is 256 g/mol. The van der Waals surface area contributed by atoms with E-state index >= 15 is 0 Å². The molecule has 0 aliphatic heterocycles. The van der Waals surface area contributed by atoms with Crippen LogP contribution in [0.4, 0.5) is 11.6 Å². The van der Waals surface area contributed by atoms with E-state index in [1.807, 2.05) is 11.8 Å². The smallest absolute Gasteiger partial charge is 0.237 e. The first-order chi connectivity index (χ1) is 9.63. The molecule has 1 aliphatic carbocycles. The quantitative estimate of drug-likeness (QED) is 0.518. The van der Waals surface area contributed by atoms with Crippen LogP contribution >= 0.6 is 0 Å². The van der Waals surface area contributed by atoms with Crippen molar-refractivity contribution in [2.45, 2.75) is 45.1 Å². The third-order valence-corrected chi connectivity index (χ3v) is 3.61. The zero-order valence-electron chi connectivity index (χ0n) is 11.8. The molecule has 0 saturated heterocycles. The topological polar surface area (TPSA) is 110 Å². The Labute approximate surface area is 118 Å². The van der Waals surface area contributed by atoms with E-state index in [-0.39, 0.29) is 12.5 Å². The summed E-state index contributed by atoms with van der Waals surface area (Å²) in [4.78, 5) is 22.1. The van der Waals surface area contributed by atoms with Gasteiger partial charge in [0.05, 0.1) is 6.54 Å². The Balaban J connectivity index is 2.33. The number of carbonyl (C=O) groups excluding carboxylic acids is 1. The average molecular weight is 278 g/mol. The van der Waals surface area contributed by atoms with Gasteiger partial charge in [0.25, 0.3) is 0 Å². The zero-order chi connectivity index (χ0) is 14.5. The molecule has 2 rings (SSSR count). The Morgan fingerprint density at radius 3 is 2.70 bits per heavy atom. The maximum absolute atomic E-state index is 11.3. The van der Waals surface area contributed by atoms with Crippen molar-refractivity contribution in [2.75, 3.05) is 16.9 Å². The Bertz CT molecular complexity index is 450. The third-order valence-electron chi connectivity index (χ3n) is 3.61. The summed E-state index contributed by atoms with van der Waals surface area (Å²) in [5.41, 5.74) is 7.92. The van der Waals surface area contributed by atoms with Gasteiger partial charge in [0.2, 0.25) is 5.91 Å². The molecule has 1 amide bonds. The minimum atomic E-state index is -0.351. The minimum Gasteiger partial charge on any atom is -0.368 e. The van der Waals surface area contributed by atoms with Crippen molar-refractivity contribution < 1.29 is 4.79 Å². The van der Waals surface area contributed by atoms with Crippen LogP contribution in [-0.2, 0) is 11.2 Å². The lowest BCUT2D eigenvalue weighted by atomic mass is 10.2. The van der Waals surface area contributed by atoms with Gasteiger partial charge in [-0.25, -0.2) is 15.8 Å². The molecule has 0 atom stereocenters. The summed E-state index contributed by atoms with van der Waals surface area (Å²) in [6, 6.07) is 2.08. The molecule has 1 aromatic heterocycles. The van der Waals surface area contributed by atoms with E-state index in [9.17, 15) is 4.79 Å². The van der Waals surface area contributed by atoms with Gasteiger partial charge in [-0.2, -0.15) is 0 Å². The minimum absolute atomic E-state index is 0.175. The lowest BCUT2D eigenvalue weighted by Gasteiger charge is -2.29. The molecule has 1 aliphatic rings. The molecule has 1 aromatic rings. The van der Waals surface area contributed by atoms with E-state index in [1.165, 1.54) is 12.8 Å². The Hall–Kier alpha value is -1.89. The highest BCUT2D eigenvalue weighted by molar-refractivity contribution is 5.79. The summed E-state index contributed by atoms with van der Waals surface area (Å²) in [5, 5.41) is 0. The number of amides is 1. The fourth-order valence-corrected chi connectivity index (χ4v) is 2.64. The van der Waals surface area contributed by atoms with Gasteiger partial charge in [-0.15, -0.1) is 0 Å². The predicted molar refractivity (Wildman–Crippen MR) is 78.0 cm³/mol. The summed E-state index contributed by atoms with van der Waals surface area (Å²) in [7, 11) is 0. The van der Waals surface area contributed by atoms with Crippen LogP contribution in [0.3, 0.4) is 0 Å². The monoisotopic (exact) mass is 278 g/mol. The van der Waals surface area contributed by atoms with Gasteiger partial charge in [0.1, 0.15) is 17.5 Å². The number of nitrogen functional groups attached to an aromatic ring is 1. The van der Waals surface area contributed by atoms with Gasteiger partial charge in [-0.3, -0.25) is 4.79 Å². The first-order valence-corrected chi connectivity index (χ1v) is 7.03. The number of hydrogen-bond donors (Lipinski definition) is 3. The number of anilines is 2. The lowest BCUT2D eigenvalue weighted by Crippen LogP contribution is -2.41. The molecule has 0 aromatic carbocycles. The number of nitrogens with one attached hydrogen (secondary N) is 1. The largest absolute Gasteiger partial charge is 0.368 e. The summed E-state index contributed by atoms with van der Waals surface area (Å²) in [6.07, 6.45) is 5.17. The fraction of sp³-hybridized carbons (Fsp3) is 0.615. The summed E-state index contributed by atoms with van der Waals surface area (Å²) < 4.78 is 0. The SMILES string of the molecule is CCc1nc(NN)cc(N(CC(N)=O)C2CCCC2)n1. The fourth-order valence-electron chi connectivity index (χ4n) is 2.64. The number of aryl methyl sites for hydroxylation is 1. The van der Waals surface area contributed by atoms with Crippen molar-refractivity contribution in [3.8, 4) is 0 Å². The maximum atomic E-state index is 11.3. The van der Waals surface area contributed by atoms with Crippen LogP contribution in [0, 0.1) is 0 Å². The highest BCUT2D eigenvalue weighted by atomic mass is 16.1. The van der Waals surface area contributed by atoms with Crippen LogP contribution in [-0.4, -0.2) is 28.5 Å². The molecule has 7 heteroatoms. The molecule has 0 unspecified atom stereocenters. The molecule has 0 radical (unpaired) electrons. The van der Waals surface area contributed by atoms with Crippen molar-refractivity contribution in [1.82, 2.24) is 9.97 Å². The molecule has 110 valence electrons. The van der Waals surface area contributed by atoms with Crippen LogP contribution in [0.15, 0.2) is 6.07 Å². The number of carbonyl (C=O) groups is 1. The summed E-state index contributed by atoms with van der Waals surface area (Å²) in [6.45, 7) is 2.16. The van der Waals surface area contributed by atoms with Crippen LogP contribution < -0.4 is 21.9 Å². The first kappa shape index (κ1) is 14.5.